The van der Waals surface area contributed by atoms with Crippen LogP contribution in [0.15, 0.2) is 18.5 Å². The summed E-state index contributed by atoms with van der Waals surface area (Å²) in [5.41, 5.74) is 0. The number of aromatic nitrogens is 2. The highest BCUT2D eigenvalue weighted by atomic mass is 32.2. The Kier molecular flexibility index (Phi) is 5.99. The molecule has 2 atom stereocenters. The smallest absolute Gasteiger partial charge is 0.223 e. The second-order valence-electron chi connectivity index (χ2n) is 5.61. The fourth-order valence-electron chi connectivity index (χ4n) is 2.55. The van der Waals surface area contributed by atoms with Crippen molar-refractivity contribution in [3.63, 3.8) is 0 Å². The molecule has 116 valence electrons. The van der Waals surface area contributed by atoms with Crippen LogP contribution in [0.25, 0.3) is 0 Å². The molecule has 0 aromatic carbocycles. The van der Waals surface area contributed by atoms with Crippen LogP contribution in [0.3, 0.4) is 0 Å². The summed E-state index contributed by atoms with van der Waals surface area (Å²) in [7, 11) is 2.08. The molecule has 1 aromatic rings. The Morgan fingerprint density at radius 3 is 2.90 bits per heavy atom. The second-order valence-corrected chi connectivity index (χ2v) is 6.89. The van der Waals surface area contributed by atoms with Gasteiger partial charge >= 0.3 is 0 Å². The van der Waals surface area contributed by atoms with Gasteiger partial charge in [-0.1, -0.05) is 6.92 Å². The lowest BCUT2D eigenvalue weighted by Gasteiger charge is -2.24. The van der Waals surface area contributed by atoms with E-state index in [4.69, 9.17) is 0 Å². The molecule has 2 heterocycles. The van der Waals surface area contributed by atoms with Gasteiger partial charge in [0.05, 0.1) is 6.54 Å². The molecule has 1 aliphatic rings. The van der Waals surface area contributed by atoms with E-state index in [0.717, 1.165) is 31.9 Å². The van der Waals surface area contributed by atoms with Crippen molar-refractivity contribution < 1.29 is 4.79 Å². The normalized spacial score (nSPS) is 20.0. The van der Waals surface area contributed by atoms with Gasteiger partial charge < -0.3 is 4.90 Å². The van der Waals surface area contributed by atoms with Crippen LogP contribution in [0.5, 0.6) is 0 Å². The zero-order valence-corrected chi connectivity index (χ0v) is 13.8. The van der Waals surface area contributed by atoms with E-state index in [0.29, 0.717) is 17.7 Å². The first kappa shape index (κ1) is 16.2. The van der Waals surface area contributed by atoms with Crippen molar-refractivity contribution in [3.8, 4) is 0 Å². The Balaban J connectivity index is 1.83. The third-order valence-corrected chi connectivity index (χ3v) is 4.99. The number of nitrogens with zero attached hydrogens (tertiary/aromatic N) is 4. The van der Waals surface area contributed by atoms with Crippen molar-refractivity contribution in [1.29, 1.82) is 0 Å². The molecule has 1 saturated heterocycles. The maximum absolute atomic E-state index is 12.2. The predicted molar refractivity (Wildman–Crippen MR) is 86.1 cm³/mol. The number of thioether (sulfide) groups is 1. The Bertz CT molecular complexity index is 456. The molecule has 0 bridgehead atoms. The zero-order chi connectivity index (χ0) is 15.2. The molecule has 0 saturated carbocycles. The standard InChI is InChI=1S/C15H24N4OS/c1-12(21-3)9-15(20)19-8-5-13(10-19)18(2)11-14-16-6-4-7-17-14/h4,6-7,12-13H,5,8-11H2,1-3H3/t12-,13-/m1/s1. The van der Waals surface area contributed by atoms with Crippen LogP contribution in [-0.4, -0.2) is 63.4 Å². The molecule has 0 unspecified atom stereocenters. The molecule has 1 amide bonds. The third-order valence-electron chi connectivity index (χ3n) is 4.01. The SMILES string of the molecule is CS[C@H](C)CC(=O)N1CC[C@@H](N(C)Cc2ncccn2)C1. The number of carbonyl (C=O) groups is 1. The topological polar surface area (TPSA) is 49.3 Å². The Morgan fingerprint density at radius 1 is 1.52 bits per heavy atom. The van der Waals surface area contributed by atoms with Crippen LogP contribution in [0, 0.1) is 0 Å². The van der Waals surface area contributed by atoms with Crippen molar-refractivity contribution in [2.45, 2.75) is 37.6 Å². The van der Waals surface area contributed by atoms with Crippen LogP contribution in [0.1, 0.15) is 25.6 Å². The molecule has 6 heteroatoms. The molecule has 0 radical (unpaired) electrons. The van der Waals surface area contributed by atoms with Gasteiger partial charge in [0.1, 0.15) is 5.82 Å². The molecule has 21 heavy (non-hydrogen) atoms. The van der Waals surface area contributed by atoms with Crippen LogP contribution < -0.4 is 0 Å². The van der Waals surface area contributed by atoms with E-state index >= 15 is 0 Å². The second kappa shape index (κ2) is 7.75. The molecule has 0 aliphatic carbocycles. The molecular weight excluding hydrogens is 284 g/mol. The zero-order valence-electron chi connectivity index (χ0n) is 13.0. The van der Waals surface area contributed by atoms with Gasteiger partial charge in [0.15, 0.2) is 0 Å². The van der Waals surface area contributed by atoms with E-state index in [9.17, 15) is 4.79 Å². The minimum atomic E-state index is 0.281. The fraction of sp³-hybridized carbons (Fsp3) is 0.667. The third kappa shape index (κ3) is 4.68. The number of carbonyl (C=O) groups excluding carboxylic acids is 1. The highest BCUT2D eigenvalue weighted by molar-refractivity contribution is 7.99. The van der Waals surface area contributed by atoms with Crippen LogP contribution in [0.2, 0.25) is 0 Å². The molecule has 2 rings (SSSR count). The first-order valence-corrected chi connectivity index (χ1v) is 8.65. The molecular formula is C15H24N4OS. The van der Waals surface area contributed by atoms with Gasteiger partial charge in [-0.2, -0.15) is 11.8 Å². The summed E-state index contributed by atoms with van der Waals surface area (Å²) in [6.07, 6.45) is 7.26. The molecule has 5 nitrogen and oxygen atoms in total. The average molecular weight is 308 g/mol. The number of likely N-dealkylation sites (N-methyl/N-ethyl adjacent to an activating group) is 1. The van der Waals surface area contributed by atoms with Crippen molar-refractivity contribution in [2.75, 3.05) is 26.4 Å². The lowest BCUT2D eigenvalue weighted by Crippen LogP contribution is -2.37. The van der Waals surface area contributed by atoms with Gasteiger partial charge in [-0.25, -0.2) is 9.97 Å². The summed E-state index contributed by atoms with van der Waals surface area (Å²) >= 11 is 1.75. The van der Waals surface area contributed by atoms with E-state index in [1.807, 2.05) is 11.0 Å². The first-order chi connectivity index (χ1) is 10.1. The first-order valence-electron chi connectivity index (χ1n) is 7.37. The lowest BCUT2D eigenvalue weighted by atomic mass is 10.2. The molecule has 0 N–H and O–H groups in total. The van der Waals surface area contributed by atoms with E-state index in [2.05, 4.69) is 35.1 Å². The van der Waals surface area contributed by atoms with E-state index in [1.54, 1.807) is 24.2 Å². The highest BCUT2D eigenvalue weighted by Crippen LogP contribution is 2.19. The lowest BCUT2D eigenvalue weighted by molar-refractivity contribution is -0.130. The fourth-order valence-corrected chi connectivity index (χ4v) is 2.86. The Labute approximate surface area is 131 Å². The quantitative estimate of drug-likeness (QED) is 0.800. The largest absolute Gasteiger partial charge is 0.341 e. The van der Waals surface area contributed by atoms with Gasteiger partial charge in [0, 0.05) is 43.2 Å². The number of hydrogen-bond acceptors (Lipinski definition) is 5. The summed E-state index contributed by atoms with van der Waals surface area (Å²) in [4.78, 5) is 25.0. The van der Waals surface area contributed by atoms with Gasteiger partial charge in [-0.3, -0.25) is 9.69 Å². The van der Waals surface area contributed by atoms with E-state index in [1.165, 1.54) is 0 Å². The van der Waals surface area contributed by atoms with E-state index in [-0.39, 0.29) is 5.91 Å². The number of likely N-dealkylation sites (tertiary alicyclic amines) is 1. The van der Waals surface area contributed by atoms with Gasteiger partial charge in [-0.05, 0) is 25.8 Å². The summed E-state index contributed by atoms with van der Waals surface area (Å²) in [6, 6.07) is 2.23. The van der Waals surface area contributed by atoms with Crippen LogP contribution in [0.4, 0.5) is 0 Å². The van der Waals surface area contributed by atoms with E-state index < -0.39 is 0 Å². The molecule has 1 fully saturated rings. The van der Waals surface area contributed by atoms with Crippen molar-refractivity contribution in [2.24, 2.45) is 0 Å². The van der Waals surface area contributed by atoms with Crippen molar-refractivity contribution in [3.05, 3.63) is 24.3 Å². The van der Waals surface area contributed by atoms with Crippen LogP contribution >= 0.6 is 11.8 Å². The van der Waals surface area contributed by atoms with Gasteiger partial charge in [0.25, 0.3) is 0 Å². The highest BCUT2D eigenvalue weighted by Gasteiger charge is 2.29. The predicted octanol–water partition coefficient (Wildman–Crippen LogP) is 1.65. The van der Waals surface area contributed by atoms with Gasteiger partial charge in [0.2, 0.25) is 5.91 Å². The molecule has 1 aliphatic heterocycles. The van der Waals surface area contributed by atoms with Gasteiger partial charge in [-0.15, -0.1) is 0 Å². The Hall–Kier alpha value is -1.14. The minimum Gasteiger partial charge on any atom is -0.341 e. The number of hydrogen-bond donors (Lipinski definition) is 0. The van der Waals surface area contributed by atoms with Crippen LogP contribution in [-0.2, 0) is 11.3 Å². The Morgan fingerprint density at radius 2 is 2.24 bits per heavy atom. The molecule has 1 aromatic heterocycles. The maximum atomic E-state index is 12.2. The summed E-state index contributed by atoms with van der Waals surface area (Å²) in [6.45, 7) is 4.53. The van der Waals surface area contributed by atoms with Crippen molar-refractivity contribution in [1.82, 2.24) is 19.8 Å². The number of rotatable bonds is 6. The monoisotopic (exact) mass is 308 g/mol. The summed E-state index contributed by atoms with van der Waals surface area (Å²) < 4.78 is 0. The summed E-state index contributed by atoms with van der Waals surface area (Å²) in [5, 5.41) is 0.395. The maximum Gasteiger partial charge on any atom is 0.223 e. The minimum absolute atomic E-state index is 0.281. The average Bonchev–Trinajstić information content (AvgIpc) is 2.98. The number of amides is 1. The summed E-state index contributed by atoms with van der Waals surface area (Å²) in [5.74, 6) is 1.12. The molecule has 0 spiro atoms. The van der Waals surface area contributed by atoms with Crippen molar-refractivity contribution >= 4 is 17.7 Å².